The molecular weight excluding hydrogens is 493 g/mol. The highest BCUT2D eigenvalue weighted by Gasteiger charge is 2.30. The van der Waals surface area contributed by atoms with Crippen LogP contribution < -0.4 is 10.0 Å². The van der Waals surface area contributed by atoms with Crippen molar-refractivity contribution in [2.24, 2.45) is 0 Å². The van der Waals surface area contributed by atoms with Crippen molar-refractivity contribution >= 4 is 49.0 Å². The maximum absolute atomic E-state index is 12.9. The molecule has 1 aromatic heterocycles. The van der Waals surface area contributed by atoms with Gasteiger partial charge < -0.3 is 9.73 Å². The molecule has 5 rings (SSSR count). The second-order valence-electron chi connectivity index (χ2n) is 7.97. The van der Waals surface area contributed by atoms with Crippen LogP contribution >= 0.6 is 0 Å². The van der Waals surface area contributed by atoms with E-state index in [1.807, 2.05) is 30.3 Å². The highest BCUT2D eigenvalue weighted by Crippen LogP contribution is 2.31. The third-order valence-electron chi connectivity index (χ3n) is 5.51. The topological polar surface area (TPSA) is 88.4 Å². The van der Waals surface area contributed by atoms with E-state index in [4.69, 9.17) is 4.42 Å². The highest BCUT2D eigenvalue weighted by molar-refractivity contribution is 7.92. The number of carbonyl (C=O) groups excluding carboxylic acids is 1. The standard InChI is InChI=1S/C26H17F3N2O4S/c27-26(28,29)17-5-3-6-19(14-17)31-36(33,34)20-11-9-18(10-12-20)30-25(32)24-15-22-21-7-2-1-4-16(21)8-13-23(22)35-24/h1-15,31H,(H,30,32). The summed E-state index contributed by atoms with van der Waals surface area (Å²) in [5.41, 5.74) is -0.330. The fourth-order valence-corrected chi connectivity index (χ4v) is 4.84. The largest absolute Gasteiger partial charge is 0.451 e. The summed E-state index contributed by atoms with van der Waals surface area (Å²) >= 11 is 0. The number of nitrogens with one attached hydrogen (secondary N) is 2. The fourth-order valence-electron chi connectivity index (χ4n) is 3.79. The van der Waals surface area contributed by atoms with Gasteiger partial charge >= 0.3 is 6.18 Å². The highest BCUT2D eigenvalue weighted by atomic mass is 32.2. The Bertz CT molecular complexity index is 1710. The summed E-state index contributed by atoms with van der Waals surface area (Å²) in [6.07, 6.45) is -4.60. The molecule has 0 fully saturated rings. The Hall–Kier alpha value is -4.31. The Kier molecular flexibility index (Phi) is 5.68. The van der Waals surface area contributed by atoms with Crippen LogP contribution in [0.15, 0.2) is 100 Å². The number of fused-ring (bicyclic) bond motifs is 3. The Morgan fingerprint density at radius 3 is 2.28 bits per heavy atom. The van der Waals surface area contributed by atoms with Crippen LogP contribution in [-0.2, 0) is 16.2 Å². The van der Waals surface area contributed by atoms with E-state index in [2.05, 4.69) is 10.0 Å². The van der Waals surface area contributed by atoms with Gasteiger partial charge in [0, 0.05) is 16.8 Å². The SMILES string of the molecule is O=C(Nc1ccc(S(=O)(=O)Nc2cccc(C(F)(F)F)c2)cc1)c1cc2c(ccc3ccccc32)o1. The van der Waals surface area contributed by atoms with Gasteiger partial charge in [-0.15, -0.1) is 0 Å². The third-order valence-corrected chi connectivity index (χ3v) is 6.91. The van der Waals surface area contributed by atoms with Crippen LogP contribution in [0.4, 0.5) is 24.5 Å². The summed E-state index contributed by atoms with van der Waals surface area (Å²) in [4.78, 5) is 12.5. The number of hydrogen-bond acceptors (Lipinski definition) is 4. The molecule has 6 nitrogen and oxygen atoms in total. The number of sulfonamides is 1. The van der Waals surface area contributed by atoms with Crippen molar-refractivity contribution in [1.82, 2.24) is 0 Å². The Balaban J connectivity index is 1.33. The number of anilines is 2. The van der Waals surface area contributed by atoms with Crippen molar-refractivity contribution in [3.63, 3.8) is 0 Å². The number of furan rings is 1. The molecule has 5 aromatic rings. The van der Waals surface area contributed by atoms with E-state index in [9.17, 15) is 26.4 Å². The molecule has 1 amide bonds. The van der Waals surface area contributed by atoms with E-state index in [0.29, 0.717) is 17.3 Å². The minimum Gasteiger partial charge on any atom is -0.451 e. The van der Waals surface area contributed by atoms with E-state index in [1.54, 1.807) is 12.1 Å². The van der Waals surface area contributed by atoms with Crippen LogP contribution in [0.2, 0.25) is 0 Å². The quantitative estimate of drug-likeness (QED) is 0.277. The van der Waals surface area contributed by atoms with Crippen molar-refractivity contribution in [1.29, 1.82) is 0 Å². The van der Waals surface area contributed by atoms with Crippen molar-refractivity contribution in [2.75, 3.05) is 10.0 Å². The summed E-state index contributed by atoms with van der Waals surface area (Å²) in [7, 11) is -4.16. The normalized spacial score (nSPS) is 12.1. The molecule has 0 unspecified atom stereocenters. The van der Waals surface area contributed by atoms with E-state index in [1.165, 1.54) is 30.3 Å². The summed E-state index contributed by atoms with van der Waals surface area (Å²) in [6.45, 7) is 0. The van der Waals surface area contributed by atoms with Gasteiger partial charge in [0.05, 0.1) is 10.5 Å². The molecule has 0 bridgehead atoms. The molecule has 0 aliphatic rings. The molecule has 2 N–H and O–H groups in total. The second kappa shape index (κ2) is 8.72. The predicted molar refractivity (Wildman–Crippen MR) is 130 cm³/mol. The average Bonchev–Trinajstić information content (AvgIpc) is 3.29. The van der Waals surface area contributed by atoms with Gasteiger partial charge in [0.15, 0.2) is 5.76 Å². The molecule has 36 heavy (non-hydrogen) atoms. The number of carbonyl (C=O) groups is 1. The molecule has 0 atom stereocenters. The van der Waals surface area contributed by atoms with E-state index in [0.717, 1.165) is 28.3 Å². The Morgan fingerprint density at radius 2 is 1.53 bits per heavy atom. The first-order valence-corrected chi connectivity index (χ1v) is 12.1. The first-order chi connectivity index (χ1) is 17.1. The molecule has 0 saturated heterocycles. The lowest BCUT2D eigenvalue weighted by molar-refractivity contribution is -0.137. The maximum Gasteiger partial charge on any atom is 0.416 e. The van der Waals surface area contributed by atoms with Crippen molar-refractivity contribution < 1.29 is 30.8 Å². The van der Waals surface area contributed by atoms with Gasteiger partial charge in [0.25, 0.3) is 15.9 Å². The van der Waals surface area contributed by atoms with Crippen LogP contribution in [0.3, 0.4) is 0 Å². The van der Waals surface area contributed by atoms with Gasteiger partial charge in [-0.2, -0.15) is 13.2 Å². The first kappa shape index (κ1) is 23.4. The van der Waals surface area contributed by atoms with Crippen LogP contribution in [0, 0.1) is 0 Å². The van der Waals surface area contributed by atoms with Gasteiger partial charge in [-0.3, -0.25) is 9.52 Å². The van der Waals surface area contributed by atoms with Crippen molar-refractivity contribution in [2.45, 2.75) is 11.1 Å². The molecule has 10 heteroatoms. The first-order valence-electron chi connectivity index (χ1n) is 10.6. The van der Waals surface area contributed by atoms with Gasteiger partial charge in [-0.25, -0.2) is 8.42 Å². The van der Waals surface area contributed by atoms with Gasteiger partial charge in [0.2, 0.25) is 0 Å². The number of rotatable bonds is 5. The van der Waals surface area contributed by atoms with Crippen LogP contribution in [0.1, 0.15) is 16.1 Å². The Labute approximate surface area is 203 Å². The van der Waals surface area contributed by atoms with Gasteiger partial charge in [-0.1, -0.05) is 36.4 Å². The molecule has 1 heterocycles. The zero-order chi connectivity index (χ0) is 25.5. The molecular formula is C26H17F3N2O4S. The molecule has 0 aliphatic heterocycles. The smallest absolute Gasteiger partial charge is 0.416 e. The maximum atomic E-state index is 12.9. The zero-order valence-corrected chi connectivity index (χ0v) is 19.2. The minimum atomic E-state index is -4.60. The Morgan fingerprint density at radius 1 is 0.778 bits per heavy atom. The molecule has 0 aliphatic carbocycles. The number of hydrogen-bond donors (Lipinski definition) is 2. The number of halogens is 3. The summed E-state index contributed by atoms with van der Waals surface area (Å²) in [5, 5.41) is 5.39. The molecule has 4 aromatic carbocycles. The molecule has 182 valence electrons. The molecule has 0 saturated carbocycles. The second-order valence-corrected chi connectivity index (χ2v) is 9.65. The number of alkyl halides is 3. The average molecular weight is 510 g/mol. The van der Waals surface area contributed by atoms with Gasteiger partial charge in [-0.05, 0) is 65.4 Å². The van der Waals surface area contributed by atoms with Crippen LogP contribution in [0.5, 0.6) is 0 Å². The van der Waals surface area contributed by atoms with Crippen LogP contribution in [0.25, 0.3) is 21.7 Å². The van der Waals surface area contributed by atoms with E-state index < -0.39 is 27.7 Å². The molecule has 0 spiro atoms. The summed E-state index contributed by atoms with van der Waals surface area (Å²) in [5.74, 6) is -0.433. The van der Waals surface area contributed by atoms with Crippen LogP contribution in [-0.4, -0.2) is 14.3 Å². The van der Waals surface area contributed by atoms with E-state index >= 15 is 0 Å². The molecule has 0 radical (unpaired) electrons. The fraction of sp³-hybridized carbons (Fsp3) is 0.0385. The lowest BCUT2D eigenvalue weighted by Crippen LogP contribution is -2.14. The van der Waals surface area contributed by atoms with Crippen molar-refractivity contribution in [3.05, 3.63) is 102 Å². The number of benzene rings is 4. The number of amides is 1. The van der Waals surface area contributed by atoms with Gasteiger partial charge in [0.1, 0.15) is 5.58 Å². The lowest BCUT2D eigenvalue weighted by Gasteiger charge is -2.11. The summed E-state index contributed by atoms with van der Waals surface area (Å²) < 4.78 is 71.8. The third kappa shape index (κ3) is 4.63. The minimum absolute atomic E-state index is 0.0873. The summed E-state index contributed by atoms with van der Waals surface area (Å²) in [6, 6.07) is 22.1. The van der Waals surface area contributed by atoms with Crippen molar-refractivity contribution in [3.8, 4) is 0 Å². The van der Waals surface area contributed by atoms with E-state index in [-0.39, 0.29) is 16.3 Å². The monoisotopic (exact) mass is 510 g/mol. The lowest BCUT2D eigenvalue weighted by atomic mass is 10.1. The predicted octanol–water partition coefficient (Wildman–Crippen LogP) is 6.66. The zero-order valence-electron chi connectivity index (χ0n) is 18.3.